The Kier molecular flexibility index (Phi) is 3.04. The topological polar surface area (TPSA) is 13.1 Å². The van der Waals surface area contributed by atoms with Crippen molar-refractivity contribution in [2.45, 2.75) is 0 Å². The summed E-state index contributed by atoms with van der Waals surface area (Å²) in [7, 11) is 0. The van der Waals surface area contributed by atoms with Crippen molar-refractivity contribution in [3.8, 4) is 0 Å². The molecule has 3 heteroatoms. The first-order chi connectivity index (χ1) is 6.45. The van der Waals surface area contributed by atoms with E-state index in [0.717, 1.165) is 11.2 Å². The highest BCUT2D eigenvalue weighted by Crippen LogP contribution is 2.27. The maximum atomic E-state index is 5.65. The van der Waals surface area contributed by atoms with E-state index >= 15 is 0 Å². The molecule has 0 unspecified atom stereocenters. The van der Waals surface area contributed by atoms with Crippen LogP contribution in [0, 0.1) is 0 Å². The summed E-state index contributed by atoms with van der Waals surface area (Å²) in [5.41, 5.74) is 1.92. The van der Waals surface area contributed by atoms with Crippen molar-refractivity contribution in [1.29, 1.82) is 0 Å². The van der Waals surface area contributed by atoms with Crippen molar-refractivity contribution in [2.75, 3.05) is 0 Å². The van der Waals surface area contributed by atoms with Crippen molar-refractivity contribution in [3.05, 3.63) is 48.5 Å². The van der Waals surface area contributed by atoms with Gasteiger partial charge < -0.3 is 4.42 Å². The monoisotopic (exact) mass is 208 g/mol. The summed E-state index contributed by atoms with van der Waals surface area (Å²) in [5.74, 6) is 0. The first-order valence-corrected chi connectivity index (χ1v) is 4.31. The second kappa shape index (κ2) is 4.09. The molecule has 0 amide bonds. The molecule has 0 saturated carbocycles. The SMILES string of the molecule is F.F.c1ccc2c(c1)oc1ccccc12. The van der Waals surface area contributed by atoms with Crippen LogP contribution in [0.5, 0.6) is 0 Å². The van der Waals surface area contributed by atoms with Crippen LogP contribution in [0.4, 0.5) is 9.41 Å². The molecule has 2 aromatic carbocycles. The number of benzene rings is 2. The smallest absolute Gasteiger partial charge is 0.135 e. The highest BCUT2D eigenvalue weighted by molar-refractivity contribution is 6.04. The molecule has 0 spiro atoms. The number of fused-ring (bicyclic) bond motifs is 3. The Morgan fingerprint density at radius 3 is 1.47 bits per heavy atom. The fraction of sp³-hybridized carbons (Fsp3) is 0. The van der Waals surface area contributed by atoms with E-state index in [0.29, 0.717) is 0 Å². The third-order valence-electron chi connectivity index (χ3n) is 2.28. The molecule has 78 valence electrons. The Morgan fingerprint density at radius 1 is 0.600 bits per heavy atom. The minimum atomic E-state index is 0. The summed E-state index contributed by atoms with van der Waals surface area (Å²) in [6.07, 6.45) is 0. The Labute approximate surface area is 85.0 Å². The lowest BCUT2D eigenvalue weighted by Gasteiger charge is -1.85. The van der Waals surface area contributed by atoms with Gasteiger partial charge in [-0.1, -0.05) is 36.4 Å². The van der Waals surface area contributed by atoms with Gasteiger partial charge in [0.05, 0.1) is 0 Å². The highest BCUT2D eigenvalue weighted by atomic mass is 19.0. The molecule has 3 rings (SSSR count). The first-order valence-electron chi connectivity index (χ1n) is 4.31. The van der Waals surface area contributed by atoms with Crippen LogP contribution in [0.3, 0.4) is 0 Å². The molecule has 0 atom stereocenters. The fourth-order valence-electron chi connectivity index (χ4n) is 1.67. The summed E-state index contributed by atoms with van der Waals surface area (Å²) in [4.78, 5) is 0. The quantitative estimate of drug-likeness (QED) is 0.546. The van der Waals surface area contributed by atoms with Crippen LogP contribution >= 0.6 is 0 Å². The average Bonchev–Trinajstić information content (AvgIpc) is 2.56. The van der Waals surface area contributed by atoms with E-state index in [-0.39, 0.29) is 9.41 Å². The van der Waals surface area contributed by atoms with Gasteiger partial charge in [0.2, 0.25) is 0 Å². The van der Waals surface area contributed by atoms with Gasteiger partial charge in [-0.25, -0.2) is 0 Å². The minimum absolute atomic E-state index is 0. The van der Waals surface area contributed by atoms with Crippen molar-refractivity contribution in [1.82, 2.24) is 0 Å². The van der Waals surface area contributed by atoms with Crippen molar-refractivity contribution in [2.24, 2.45) is 0 Å². The molecular formula is C12H10F2O. The largest absolute Gasteiger partial charge is 0.456 e. The van der Waals surface area contributed by atoms with Gasteiger partial charge in [0.25, 0.3) is 0 Å². The molecule has 0 bridgehead atoms. The van der Waals surface area contributed by atoms with E-state index in [1.807, 2.05) is 36.4 Å². The van der Waals surface area contributed by atoms with Gasteiger partial charge in [0.15, 0.2) is 0 Å². The van der Waals surface area contributed by atoms with Gasteiger partial charge in [-0.15, -0.1) is 0 Å². The van der Waals surface area contributed by atoms with Gasteiger partial charge in [0.1, 0.15) is 11.2 Å². The predicted octanol–water partition coefficient (Wildman–Crippen LogP) is 3.89. The normalized spacial score (nSPS) is 9.60. The van der Waals surface area contributed by atoms with E-state index < -0.39 is 0 Å². The summed E-state index contributed by atoms with van der Waals surface area (Å²) < 4.78 is 5.65. The van der Waals surface area contributed by atoms with Crippen LogP contribution in [-0.2, 0) is 0 Å². The zero-order chi connectivity index (χ0) is 8.67. The molecule has 3 aromatic rings. The first kappa shape index (κ1) is 11.2. The van der Waals surface area contributed by atoms with Crippen LogP contribution in [0.1, 0.15) is 0 Å². The van der Waals surface area contributed by atoms with Crippen molar-refractivity contribution < 1.29 is 13.8 Å². The van der Waals surface area contributed by atoms with Gasteiger partial charge >= 0.3 is 0 Å². The zero-order valence-electron chi connectivity index (χ0n) is 7.84. The molecule has 0 fully saturated rings. The van der Waals surface area contributed by atoms with Gasteiger partial charge in [0, 0.05) is 10.8 Å². The van der Waals surface area contributed by atoms with Crippen molar-refractivity contribution in [3.63, 3.8) is 0 Å². The summed E-state index contributed by atoms with van der Waals surface area (Å²) in [6, 6.07) is 16.2. The second-order valence-electron chi connectivity index (χ2n) is 3.09. The molecule has 1 aromatic heterocycles. The van der Waals surface area contributed by atoms with Crippen LogP contribution in [0.15, 0.2) is 52.9 Å². The molecule has 0 aliphatic carbocycles. The lowest BCUT2D eigenvalue weighted by molar-refractivity contribution is 0.669. The number of para-hydroxylation sites is 2. The Morgan fingerprint density at radius 2 is 1.00 bits per heavy atom. The molecule has 15 heavy (non-hydrogen) atoms. The summed E-state index contributed by atoms with van der Waals surface area (Å²) >= 11 is 0. The predicted molar refractivity (Wildman–Crippen MR) is 58.7 cm³/mol. The Hall–Kier alpha value is -1.90. The van der Waals surface area contributed by atoms with Gasteiger partial charge in [-0.05, 0) is 12.1 Å². The third kappa shape index (κ3) is 1.56. The Balaban J connectivity index is 0.000000562. The third-order valence-corrected chi connectivity index (χ3v) is 2.28. The molecule has 0 aliphatic heterocycles. The molecule has 0 N–H and O–H groups in total. The van der Waals surface area contributed by atoms with Gasteiger partial charge in [-0.3, -0.25) is 9.41 Å². The second-order valence-corrected chi connectivity index (χ2v) is 3.09. The van der Waals surface area contributed by atoms with E-state index in [1.54, 1.807) is 0 Å². The lowest BCUT2D eigenvalue weighted by atomic mass is 10.2. The van der Waals surface area contributed by atoms with Crippen molar-refractivity contribution >= 4 is 21.9 Å². The van der Waals surface area contributed by atoms with Crippen LogP contribution in [0.25, 0.3) is 21.9 Å². The van der Waals surface area contributed by atoms with E-state index in [1.165, 1.54) is 10.8 Å². The number of hydrogen-bond acceptors (Lipinski definition) is 1. The van der Waals surface area contributed by atoms with Crippen LogP contribution in [-0.4, -0.2) is 0 Å². The van der Waals surface area contributed by atoms with Crippen LogP contribution in [0.2, 0.25) is 0 Å². The lowest BCUT2D eigenvalue weighted by Crippen LogP contribution is -1.62. The molecule has 1 nitrogen and oxygen atoms in total. The molecular weight excluding hydrogens is 198 g/mol. The average molecular weight is 208 g/mol. The molecule has 0 saturated heterocycles. The standard InChI is InChI=1S/C12H8O.2FH/c1-3-7-11-9(5-1)10-6-2-4-8-12(10)13-11;;/h1-8H;2*1H. The highest BCUT2D eigenvalue weighted by Gasteiger charge is 2.03. The van der Waals surface area contributed by atoms with E-state index in [9.17, 15) is 0 Å². The fourth-order valence-corrected chi connectivity index (χ4v) is 1.67. The maximum absolute atomic E-state index is 5.65. The number of halogens is 2. The number of rotatable bonds is 0. The van der Waals surface area contributed by atoms with Gasteiger partial charge in [-0.2, -0.15) is 0 Å². The van der Waals surface area contributed by atoms with Crippen LogP contribution < -0.4 is 0 Å². The summed E-state index contributed by atoms with van der Waals surface area (Å²) in [5, 5.41) is 2.39. The molecule has 0 radical (unpaired) electrons. The summed E-state index contributed by atoms with van der Waals surface area (Å²) in [6.45, 7) is 0. The minimum Gasteiger partial charge on any atom is -0.456 e. The zero-order valence-corrected chi connectivity index (χ0v) is 7.84. The van der Waals surface area contributed by atoms with E-state index in [4.69, 9.17) is 4.42 Å². The molecule has 0 aliphatic rings. The number of hydrogen-bond donors (Lipinski definition) is 0. The number of furan rings is 1. The Bertz CT molecular complexity index is 521. The van der Waals surface area contributed by atoms with E-state index in [2.05, 4.69) is 12.1 Å². The maximum Gasteiger partial charge on any atom is 0.135 e. The molecule has 1 heterocycles.